The standard InChI is InChI=1S/C11H23N5/c1-5-16-9-14-15-10(16)8-12-6-7-13-11(2,3)4/h9,12-13H,5-8H2,1-4H3. The highest BCUT2D eigenvalue weighted by Crippen LogP contribution is 1.97. The van der Waals surface area contributed by atoms with E-state index in [-0.39, 0.29) is 5.54 Å². The zero-order chi connectivity index (χ0) is 12.0. The molecule has 0 unspecified atom stereocenters. The van der Waals surface area contributed by atoms with Crippen LogP contribution in [0, 0.1) is 0 Å². The van der Waals surface area contributed by atoms with Crippen LogP contribution in [0.4, 0.5) is 0 Å². The molecule has 0 amide bonds. The van der Waals surface area contributed by atoms with Gasteiger partial charge in [-0.1, -0.05) is 0 Å². The first-order valence-electron chi connectivity index (χ1n) is 5.85. The molecule has 92 valence electrons. The first kappa shape index (κ1) is 13.1. The molecule has 0 saturated carbocycles. The van der Waals surface area contributed by atoms with Gasteiger partial charge in [0, 0.05) is 25.2 Å². The van der Waals surface area contributed by atoms with Crippen molar-refractivity contribution in [3.63, 3.8) is 0 Å². The van der Waals surface area contributed by atoms with Crippen molar-refractivity contribution in [1.82, 2.24) is 25.4 Å². The van der Waals surface area contributed by atoms with Gasteiger partial charge in [0.1, 0.15) is 12.2 Å². The van der Waals surface area contributed by atoms with Crippen LogP contribution in [0.1, 0.15) is 33.5 Å². The summed E-state index contributed by atoms with van der Waals surface area (Å²) in [6.45, 7) is 12.2. The lowest BCUT2D eigenvalue weighted by atomic mass is 10.1. The van der Waals surface area contributed by atoms with E-state index in [1.54, 1.807) is 6.33 Å². The molecule has 0 bridgehead atoms. The first-order chi connectivity index (χ1) is 7.53. The van der Waals surface area contributed by atoms with Gasteiger partial charge in [0.25, 0.3) is 0 Å². The van der Waals surface area contributed by atoms with Crippen LogP contribution in [-0.4, -0.2) is 33.4 Å². The van der Waals surface area contributed by atoms with Crippen LogP contribution in [0.2, 0.25) is 0 Å². The number of hydrogen-bond donors (Lipinski definition) is 2. The molecule has 5 heteroatoms. The van der Waals surface area contributed by atoms with Crippen LogP contribution in [0.15, 0.2) is 6.33 Å². The Hall–Kier alpha value is -0.940. The van der Waals surface area contributed by atoms with Gasteiger partial charge in [-0.05, 0) is 27.7 Å². The Kier molecular flexibility index (Phi) is 4.89. The molecule has 0 aliphatic rings. The Morgan fingerprint density at radius 2 is 2.06 bits per heavy atom. The van der Waals surface area contributed by atoms with E-state index in [2.05, 4.69) is 48.5 Å². The molecule has 0 radical (unpaired) electrons. The SMILES string of the molecule is CCn1cnnc1CNCCNC(C)(C)C. The summed E-state index contributed by atoms with van der Waals surface area (Å²) in [6.07, 6.45) is 1.77. The molecule has 1 rings (SSSR count). The largest absolute Gasteiger partial charge is 0.317 e. The zero-order valence-corrected chi connectivity index (χ0v) is 10.7. The zero-order valence-electron chi connectivity index (χ0n) is 10.7. The third-order valence-electron chi connectivity index (χ3n) is 2.28. The predicted octanol–water partition coefficient (Wildman–Crippen LogP) is 0.776. The van der Waals surface area contributed by atoms with Crippen molar-refractivity contribution < 1.29 is 0 Å². The van der Waals surface area contributed by atoms with Crippen LogP contribution in [0.5, 0.6) is 0 Å². The minimum atomic E-state index is 0.186. The quantitative estimate of drug-likeness (QED) is 0.702. The monoisotopic (exact) mass is 225 g/mol. The summed E-state index contributed by atoms with van der Waals surface area (Å²) in [7, 11) is 0. The van der Waals surface area contributed by atoms with Crippen molar-refractivity contribution in [2.45, 2.75) is 46.3 Å². The number of aryl methyl sites for hydroxylation is 1. The molecule has 5 nitrogen and oxygen atoms in total. The van der Waals surface area contributed by atoms with Crippen molar-refractivity contribution in [2.24, 2.45) is 0 Å². The third kappa shape index (κ3) is 4.72. The van der Waals surface area contributed by atoms with Gasteiger partial charge in [-0.3, -0.25) is 0 Å². The van der Waals surface area contributed by atoms with Crippen molar-refractivity contribution >= 4 is 0 Å². The first-order valence-corrected chi connectivity index (χ1v) is 5.85. The van der Waals surface area contributed by atoms with E-state index < -0.39 is 0 Å². The highest BCUT2D eigenvalue weighted by molar-refractivity contribution is 4.84. The summed E-state index contributed by atoms with van der Waals surface area (Å²) in [5, 5.41) is 14.7. The second kappa shape index (κ2) is 5.96. The highest BCUT2D eigenvalue weighted by atomic mass is 15.3. The molecular weight excluding hydrogens is 202 g/mol. The highest BCUT2D eigenvalue weighted by Gasteiger charge is 2.07. The summed E-state index contributed by atoms with van der Waals surface area (Å²) in [5.41, 5.74) is 0.186. The minimum absolute atomic E-state index is 0.186. The van der Waals surface area contributed by atoms with Gasteiger partial charge < -0.3 is 15.2 Å². The van der Waals surface area contributed by atoms with Gasteiger partial charge >= 0.3 is 0 Å². The van der Waals surface area contributed by atoms with E-state index in [0.717, 1.165) is 32.0 Å². The molecule has 16 heavy (non-hydrogen) atoms. The number of rotatable bonds is 6. The van der Waals surface area contributed by atoms with Crippen LogP contribution < -0.4 is 10.6 Å². The van der Waals surface area contributed by atoms with E-state index in [1.165, 1.54) is 0 Å². The molecule has 0 atom stereocenters. The molecule has 0 aliphatic heterocycles. The number of hydrogen-bond acceptors (Lipinski definition) is 4. The average Bonchev–Trinajstić information content (AvgIpc) is 2.63. The third-order valence-corrected chi connectivity index (χ3v) is 2.28. The summed E-state index contributed by atoms with van der Waals surface area (Å²) in [6, 6.07) is 0. The van der Waals surface area contributed by atoms with Crippen LogP contribution >= 0.6 is 0 Å². The molecule has 0 aliphatic carbocycles. The lowest BCUT2D eigenvalue weighted by Crippen LogP contribution is -2.40. The second-order valence-electron chi connectivity index (χ2n) is 4.89. The molecule has 2 N–H and O–H groups in total. The van der Waals surface area contributed by atoms with Crippen LogP contribution in [0.3, 0.4) is 0 Å². The molecule has 0 saturated heterocycles. The van der Waals surface area contributed by atoms with Gasteiger partial charge in [0.2, 0.25) is 0 Å². The maximum Gasteiger partial charge on any atom is 0.146 e. The van der Waals surface area contributed by atoms with Gasteiger partial charge in [-0.2, -0.15) is 0 Å². The summed E-state index contributed by atoms with van der Waals surface area (Å²) < 4.78 is 2.05. The molecular formula is C11H23N5. The van der Waals surface area contributed by atoms with Crippen LogP contribution in [-0.2, 0) is 13.1 Å². The van der Waals surface area contributed by atoms with Gasteiger partial charge in [-0.15, -0.1) is 10.2 Å². The Morgan fingerprint density at radius 3 is 2.69 bits per heavy atom. The lowest BCUT2D eigenvalue weighted by molar-refractivity contribution is 0.420. The maximum absolute atomic E-state index is 4.06. The number of nitrogens with one attached hydrogen (secondary N) is 2. The fourth-order valence-electron chi connectivity index (χ4n) is 1.41. The average molecular weight is 225 g/mol. The lowest BCUT2D eigenvalue weighted by Gasteiger charge is -2.20. The summed E-state index contributed by atoms with van der Waals surface area (Å²) in [4.78, 5) is 0. The van der Waals surface area contributed by atoms with Crippen LogP contribution in [0.25, 0.3) is 0 Å². The maximum atomic E-state index is 4.06. The number of nitrogens with zero attached hydrogens (tertiary/aromatic N) is 3. The fraction of sp³-hybridized carbons (Fsp3) is 0.818. The van der Waals surface area contributed by atoms with Crippen molar-refractivity contribution in [2.75, 3.05) is 13.1 Å². The molecule has 1 aromatic heterocycles. The van der Waals surface area contributed by atoms with E-state index >= 15 is 0 Å². The van der Waals surface area contributed by atoms with E-state index in [9.17, 15) is 0 Å². The molecule has 0 spiro atoms. The molecule has 0 fully saturated rings. The summed E-state index contributed by atoms with van der Waals surface area (Å²) >= 11 is 0. The smallest absolute Gasteiger partial charge is 0.146 e. The van der Waals surface area contributed by atoms with E-state index in [4.69, 9.17) is 0 Å². The Labute approximate surface area is 97.6 Å². The topological polar surface area (TPSA) is 54.8 Å². The van der Waals surface area contributed by atoms with Gasteiger partial charge in [0.15, 0.2) is 0 Å². The van der Waals surface area contributed by atoms with Crippen molar-refractivity contribution in [3.8, 4) is 0 Å². The van der Waals surface area contributed by atoms with E-state index in [1.807, 2.05) is 4.57 Å². The fourth-order valence-corrected chi connectivity index (χ4v) is 1.41. The Morgan fingerprint density at radius 1 is 1.31 bits per heavy atom. The predicted molar refractivity (Wildman–Crippen MR) is 65.2 cm³/mol. The summed E-state index contributed by atoms with van der Waals surface area (Å²) in [5.74, 6) is 0.998. The minimum Gasteiger partial charge on any atom is -0.317 e. The Balaban J connectivity index is 2.16. The van der Waals surface area contributed by atoms with Gasteiger partial charge in [-0.25, -0.2) is 0 Å². The normalized spacial score (nSPS) is 12.0. The van der Waals surface area contributed by atoms with Gasteiger partial charge in [0.05, 0.1) is 6.54 Å². The molecule has 1 heterocycles. The molecule has 1 aromatic rings. The second-order valence-corrected chi connectivity index (χ2v) is 4.89. The van der Waals surface area contributed by atoms with Crippen molar-refractivity contribution in [3.05, 3.63) is 12.2 Å². The van der Waals surface area contributed by atoms with E-state index in [0.29, 0.717) is 0 Å². The number of aromatic nitrogens is 3. The molecule has 0 aromatic carbocycles. The Bertz CT molecular complexity index is 300. The van der Waals surface area contributed by atoms with Crippen molar-refractivity contribution in [1.29, 1.82) is 0 Å².